The number of amidine groups is 1. The highest BCUT2D eigenvalue weighted by atomic mass is 32.2. The first-order valence-corrected chi connectivity index (χ1v) is 12.2. The van der Waals surface area contributed by atoms with Crippen molar-refractivity contribution >= 4 is 40.6 Å². The summed E-state index contributed by atoms with van der Waals surface area (Å²) in [6.45, 7) is 2.51. The van der Waals surface area contributed by atoms with Gasteiger partial charge in [0.1, 0.15) is 6.61 Å². The Morgan fingerprint density at radius 2 is 1.78 bits per heavy atom. The Labute approximate surface area is 214 Å². The summed E-state index contributed by atoms with van der Waals surface area (Å²) >= 11 is 1.28. The van der Waals surface area contributed by atoms with Crippen LogP contribution in [0.2, 0.25) is 0 Å². The predicted octanol–water partition coefficient (Wildman–Crippen LogP) is 5.68. The molecule has 0 atom stereocenters. The normalized spacial score (nSPS) is 15.4. The molecule has 0 N–H and O–H groups in total. The lowest BCUT2D eigenvalue weighted by Gasteiger charge is -2.11. The second-order valence-corrected chi connectivity index (χ2v) is 8.83. The molecule has 4 rings (SSSR count). The summed E-state index contributed by atoms with van der Waals surface area (Å²) in [5.74, 6) is 0.681. The molecule has 1 saturated heterocycles. The number of likely N-dealkylation sites (N-methyl/N-ethyl adjacent to an activating group) is 1. The Kier molecular flexibility index (Phi) is 8.07. The smallest absolute Gasteiger partial charge is 0.338 e. The van der Waals surface area contributed by atoms with E-state index in [2.05, 4.69) is 4.99 Å². The van der Waals surface area contributed by atoms with Gasteiger partial charge in [0.25, 0.3) is 5.91 Å². The zero-order valence-electron chi connectivity index (χ0n) is 20.3. The highest BCUT2D eigenvalue weighted by Crippen LogP contribution is 2.35. The number of thioether (sulfide) groups is 1. The molecule has 0 unspecified atom stereocenters. The average molecular weight is 503 g/mol. The summed E-state index contributed by atoms with van der Waals surface area (Å²) in [4.78, 5) is 31.3. The number of carbonyl (C=O) groups excluding carboxylic acids is 2. The summed E-state index contributed by atoms with van der Waals surface area (Å²) in [5.41, 5.74) is 2.95. The van der Waals surface area contributed by atoms with E-state index >= 15 is 0 Å². The van der Waals surface area contributed by atoms with Crippen molar-refractivity contribution in [2.24, 2.45) is 4.99 Å². The van der Waals surface area contributed by atoms with Crippen LogP contribution in [0.5, 0.6) is 11.5 Å². The Hall–Kier alpha value is -4.04. The maximum absolute atomic E-state index is 12.8. The third kappa shape index (κ3) is 5.95. The third-order valence-corrected chi connectivity index (χ3v) is 6.39. The first-order valence-electron chi connectivity index (χ1n) is 11.4. The van der Waals surface area contributed by atoms with Gasteiger partial charge in [0.05, 0.1) is 29.9 Å². The quantitative estimate of drug-likeness (QED) is 0.291. The second kappa shape index (κ2) is 11.6. The topological polar surface area (TPSA) is 77.4 Å². The molecular formula is C28H26N2O5S. The summed E-state index contributed by atoms with van der Waals surface area (Å²) in [6, 6.07) is 22.2. The minimum absolute atomic E-state index is 0.148. The minimum atomic E-state index is -0.378. The molecule has 0 spiro atoms. The molecular weight excluding hydrogens is 476 g/mol. The van der Waals surface area contributed by atoms with E-state index in [9.17, 15) is 9.59 Å². The third-order valence-electron chi connectivity index (χ3n) is 5.33. The van der Waals surface area contributed by atoms with E-state index in [-0.39, 0.29) is 11.9 Å². The monoisotopic (exact) mass is 502 g/mol. The predicted molar refractivity (Wildman–Crippen MR) is 142 cm³/mol. The molecule has 1 heterocycles. The Morgan fingerprint density at radius 3 is 2.47 bits per heavy atom. The molecule has 3 aromatic carbocycles. The molecule has 1 fully saturated rings. The van der Waals surface area contributed by atoms with E-state index in [0.717, 1.165) is 11.1 Å². The largest absolute Gasteiger partial charge is 0.493 e. The summed E-state index contributed by atoms with van der Waals surface area (Å²) < 4.78 is 16.4. The summed E-state index contributed by atoms with van der Waals surface area (Å²) in [6.07, 6.45) is 1.80. The van der Waals surface area contributed by atoms with Crippen molar-refractivity contribution in [2.45, 2.75) is 13.5 Å². The standard InChI is InChI=1S/C28H26N2O5S/c1-4-34-27(32)21-11-13-22(14-12-21)29-28-30(2)26(31)25(36-28)17-20-10-15-23(24(16-20)33-3)35-18-19-8-6-5-7-9-19/h5-17H,4,18H2,1-3H3. The van der Waals surface area contributed by atoms with Crippen molar-refractivity contribution in [1.82, 2.24) is 4.90 Å². The van der Waals surface area contributed by atoms with Gasteiger partial charge in [-0.1, -0.05) is 36.4 Å². The van der Waals surface area contributed by atoms with Crippen molar-refractivity contribution in [2.75, 3.05) is 20.8 Å². The summed E-state index contributed by atoms with van der Waals surface area (Å²) in [5, 5.41) is 0.546. The second-order valence-electron chi connectivity index (χ2n) is 7.82. The first-order chi connectivity index (χ1) is 17.5. The first kappa shape index (κ1) is 25.1. The number of ether oxygens (including phenoxy) is 3. The van der Waals surface area contributed by atoms with Gasteiger partial charge < -0.3 is 14.2 Å². The van der Waals surface area contributed by atoms with Crippen LogP contribution in [0.3, 0.4) is 0 Å². The van der Waals surface area contributed by atoms with Gasteiger partial charge >= 0.3 is 5.97 Å². The molecule has 3 aromatic rings. The van der Waals surface area contributed by atoms with Crippen LogP contribution < -0.4 is 9.47 Å². The van der Waals surface area contributed by atoms with Crippen LogP contribution in [-0.4, -0.2) is 42.7 Å². The average Bonchev–Trinajstić information content (AvgIpc) is 3.16. The molecule has 1 aliphatic rings. The zero-order chi connectivity index (χ0) is 25.5. The lowest BCUT2D eigenvalue weighted by molar-refractivity contribution is -0.121. The van der Waals surface area contributed by atoms with Crippen LogP contribution in [0.4, 0.5) is 5.69 Å². The van der Waals surface area contributed by atoms with Gasteiger partial charge in [0.2, 0.25) is 0 Å². The van der Waals surface area contributed by atoms with Gasteiger partial charge in [-0.25, -0.2) is 9.79 Å². The highest BCUT2D eigenvalue weighted by Gasteiger charge is 2.30. The van der Waals surface area contributed by atoms with Crippen molar-refractivity contribution in [3.05, 3.63) is 94.4 Å². The number of nitrogens with zero attached hydrogens (tertiary/aromatic N) is 2. The lowest BCUT2D eigenvalue weighted by Crippen LogP contribution is -2.23. The maximum atomic E-state index is 12.8. The van der Waals surface area contributed by atoms with E-state index in [1.807, 2.05) is 48.5 Å². The van der Waals surface area contributed by atoms with Crippen molar-refractivity contribution < 1.29 is 23.8 Å². The molecule has 0 bridgehead atoms. The minimum Gasteiger partial charge on any atom is -0.493 e. The number of rotatable bonds is 8. The fourth-order valence-electron chi connectivity index (χ4n) is 3.43. The number of carbonyl (C=O) groups is 2. The molecule has 7 nitrogen and oxygen atoms in total. The van der Waals surface area contributed by atoms with Gasteiger partial charge in [-0.3, -0.25) is 9.69 Å². The van der Waals surface area contributed by atoms with Crippen LogP contribution in [-0.2, 0) is 16.1 Å². The number of hydrogen-bond acceptors (Lipinski definition) is 7. The number of esters is 1. The van der Waals surface area contributed by atoms with Gasteiger partial charge in [-0.05, 0) is 72.3 Å². The molecule has 8 heteroatoms. The Morgan fingerprint density at radius 1 is 1.03 bits per heavy atom. The number of amides is 1. The number of hydrogen-bond donors (Lipinski definition) is 0. The molecule has 0 aliphatic carbocycles. The van der Waals surface area contributed by atoms with Crippen molar-refractivity contribution in [1.29, 1.82) is 0 Å². The van der Waals surface area contributed by atoms with Crippen LogP contribution in [0.1, 0.15) is 28.4 Å². The molecule has 1 aliphatic heterocycles. The number of benzene rings is 3. The molecule has 0 radical (unpaired) electrons. The Balaban J connectivity index is 1.49. The molecule has 0 saturated carbocycles. The van der Waals surface area contributed by atoms with E-state index in [1.54, 1.807) is 51.4 Å². The highest BCUT2D eigenvalue weighted by molar-refractivity contribution is 8.18. The van der Waals surface area contributed by atoms with Crippen molar-refractivity contribution in [3.8, 4) is 11.5 Å². The van der Waals surface area contributed by atoms with E-state index < -0.39 is 0 Å². The van der Waals surface area contributed by atoms with Gasteiger partial charge in [0, 0.05) is 7.05 Å². The number of aliphatic imine (C=N–C) groups is 1. The van der Waals surface area contributed by atoms with Gasteiger partial charge in [0.15, 0.2) is 16.7 Å². The fraction of sp³-hybridized carbons (Fsp3) is 0.179. The van der Waals surface area contributed by atoms with E-state index in [0.29, 0.717) is 46.0 Å². The van der Waals surface area contributed by atoms with Crippen molar-refractivity contribution in [3.63, 3.8) is 0 Å². The van der Waals surface area contributed by atoms with Crippen LogP contribution in [0.15, 0.2) is 82.7 Å². The Bertz CT molecular complexity index is 1300. The maximum Gasteiger partial charge on any atom is 0.338 e. The van der Waals surface area contributed by atoms with Crippen LogP contribution >= 0.6 is 11.8 Å². The molecule has 1 amide bonds. The van der Waals surface area contributed by atoms with Gasteiger partial charge in [-0.2, -0.15) is 0 Å². The molecule has 36 heavy (non-hydrogen) atoms. The van der Waals surface area contributed by atoms with E-state index in [1.165, 1.54) is 16.7 Å². The molecule has 184 valence electrons. The number of methoxy groups -OCH3 is 1. The lowest BCUT2D eigenvalue weighted by atomic mass is 10.2. The van der Waals surface area contributed by atoms with Gasteiger partial charge in [-0.15, -0.1) is 0 Å². The summed E-state index contributed by atoms with van der Waals surface area (Å²) in [7, 11) is 3.27. The van der Waals surface area contributed by atoms with E-state index in [4.69, 9.17) is 14.2 Å². The van der Waals surface area contributed by atoms with Crippen LogP contribution in [0, 0.1) is 0 Å². The zero-order valence-corrected chi connectivity index (χ0v) is 21.1. The fourth-order valence-corrected chi connectivity index (χ4v) is 4.42. The SMILES string of the molecule is CCOC(=O)c1ccc(N=C2SC(=Cc3ccc(OCc4ccccc4)c(OC)c3)C(=O)N2C)cc1. The molecule has 0 aromatic heterocycles. The van der Waals surface area contributed by atoms with Crippen LogP contribution in [0.25, 0.3) is 6.08 Å².